The minimum absolute atomic E-state index is 1.14. The van der Waals surface area contributed by atoms with Gasteiger partial charge in [-0.2, -0.15) is 0 Å². The van der Waals surface area contributed by atoms with E-state index in [4.69, 9.17) is 0 Å². The number of thiophene rings is 1. The molecule has 4 aromatic heterocycles. The van der Waals surface area contributed by atoms with E-state index >= 15 is 0 Å². The van der Waals surface area contributed by atoms with E-state index < -0.39 is 0 Å². The van der Waals surface area contributed by atoms with Crippen molar-refractivity contribution in [1.29, 1.82) is 0 Å². The first kappa shape index (κ1) is 41.2. The molecule has 0 aliphatic heterocycles. The summed E-state index contributed by atoms with van der Waals surface area (Å²) in [6.45, 7) is 0. The molecule has 3 nitrogen and oxygen atoms in total. The SMILES string of the molecule is c1ccc(-n2c3ccccc3c3cc(-c4ccc(-c5ccc6c7ccccc7n(-c7ccc8sc9ccccc9c8c7)c6c5)cc4)cc(-c4ccc(-n5c6ccccc6c6cc7ccccc7cc65)cc4)c32)cc1. The lowest BCUT2D eigenvalue weighted by molar-refractivity contribution is 1.18. The first-order valence-corrected chi connectivity index (χ1v) is 26.2. The van der Waals surface area contributed by atoms with Gasteiger partial charge in [-0.25, -0.2) is 0 Å². The number of hydrogen-bond acceptors (Lipinski definition) is 1. The van der Waals surface area contributed by atoms with Crippen molar-refractivity contribution < 1.29 is 0 Å². The summed E-state index contributed by atoms with van der Waals surface area (Å²) in [5.74, 6) is 0. The summed E-state index contributed by atoms with van der Waals surface area (Å²) < 4.78 is 9.97. The third kappa shape index (κ3) is 6.19. The third-order valence-corrected chi connectivity index (χ3v) is 16.8. The molecule has 0 N–H and O–H groups in total. The van der Waals surface area contributed by atoms with Crippen LogP contribution in [-0.4, -0.2) is 13.7 Å². The molecule has 0 aliphatic carbocycles. The topological polar surface area (TPSA) is 14.8 Å². The van der Waals surface area contributed by atoms with Gasteiger partial charge in [-0.3, -0.25) is 0 Å². The van der Waals surface area contributed by atoms with Crippen molar-refractivity contribution in [3.05, 3.63) is 261 Å². The molecule has 4 heterocycles. The third-order valence-electron chi connectivity index (χ3n) is 15.6. The van der Waals surface area contributed by atoms with E-state index in [1.165, 1.54) is 135 Å². The fourth-order valence-corrected chi connectivity index (χ4v) is 13.3. The Bertz CT molecular complexity index is 4930. The minimum Gasteiger partial charge on any atom is -0.309 e. The van der Waals surface area contributed by atoms with Crippen molar-refractivity contribution in [2.45, 2.75) is 0 Å². The van der Waals surface area contributed by atoms with Crippen LogP contribution in [0.3, 0.4) is 0 Å². The zero-order chi connectivity index (χ0) is 48.4. The van der Waals surface area contributed by atoms with Gasteiger partial charge in [-0.05, 0) is 136 Å². The monoisotopic (exact) mass is 957 g/mol. The van der Waals surface area contributed by atoms with Crippen molar-refractivity contribution in [3.63, 3.8) is 0 Å². The summed E-state index contributed by atoms with van der Waals surface area (Å²) in [5.41, 5.74) is 17.7. The van der Waals surface area contributed by atoms with Crippen LogP contribution in [-0.2, 0) is 0 Å². The number of fused-ring (bicyclic) bond motifs is 13. The second-order valence-electron chi connectivity index (χ2n) is 19.7. The lowest BCUT2D eigenvalue weighted by Gasteiger charge is -2.15. The van der Waals surface area contributed by atoms with Gasteiger partial charge in [0.25, 0.3) is 0 Å². The maximum absolute atomic E-state index is 2.45. The predicted molar refractivity (Wildman–Crippen MR) is 316 cm³/mol. The molecule has 0 saturated heterocycles. The van der Waals surface area contributed by atoms with E-state index in [9.17, 15) is 0 Å². The number of para-hydroxylation sites is 4. The average molecular weight is 958 g/mol. The van der Waals surface area contributed by atoms with Gasteiger partial charge in [0.05, 0.1) is 33.1 Å². The Hall–Kier alpha value is -9.48. The van der Waals surface area contributed by atoms with Crippen LogP contribution in [0, 0.1) is 0 Å². The van der Waals surface area contributed by atoms with Crippen LogP contribution >= 0.6 is 11.3 Å². The maximum Gasteiger partial charge on any atom is 0.0619 e. The van der Waals surface area contributed by atoms with Gasteiger partial charge in [-0.1, -0.05) is 164 Å². The van der Waals surface area contributed by atoms with Gasteiger partial charge in [-0.15, -0.1) is 11.3 Å². The largest absolute Gasteiger partial charge is 0.309 e. The Labute approximate surface area is 430 Å². The van der Waals surface area contributed by atoms with Crippen LogP contribution in [0.5, 0.6) is 0 Å². The molecule has 0 amide bonds. The number of rotatable bonds is 6. The lowest BCUT2D eigenvalue weighted by atomic mass is 9.94. The molecule has 0 saturated carbocycles. The maximum atomic E-state index is 2.45. The molecule has 4 heteroatoms. The van der Waals surface area contributed by atoms with E-state index in [-0.39, 0.29) is 0 Å². The second kappa shape index (κ2) is 16.0. The van der Waals surface area contributed by atoms with Crippen molar-refractivity contribution in [3.8, 4) is 50.4 Å². The van der Waals surface area contributed by atoms with Crippen molar-refractivity contribution in [2.75, 3.05) is 0 Å². The van der Waals surface area contributed by atoms with Crippen LogP contribution in [0.15, 0.2) is 261 Å². The van der Waals surface area contributed by atoms with Crippen LogP contribution in [0.1, 0.15) is 0 Å². The van der Waals surface area contributed by atoms with Gasteiger partial charge >= 0.3 is 0 Å². The summed E-state index contributed by atoms with van der Waals surface area (Å²) in [4.78, 5) is 0. The fraction of sp³-hybridized carbons (Fsp3) is 0. The summed E-state index contributed by atoms with van der Waals surface area (Å²) in [5, 5.41) is 12.6. The molecule has 16 aromatic rings. The molecule has 0 bridgehead atoms. The first-order valence-electron chi connectivity index (χ1n) is 25.4. The van der Waals surface area contributed by atoms with Crippen molar-refractivity contribution in [2.24, 2.45) is 0 Å². The Kier molecular flexibility index (Phi) is 8.91. The summed E-state index contributed by atoms with van der Waals surface area (Å²) in [6.07, 6.45) is 0. The Morgan fingerprint density at radius 1 is 0.230 bits per heavy atom. The summed E-state index contributed by atoms with van der Waals surface area (Å²) in [6, 6.07) is 96.6. The zero-order valence-electron chi connectivity index (χ0n) is 40.1. The highest BCUT2D eigenvalue weighted by atomic mass is 32.1. The van der Waals surface area contributed by atoms with Crippen molar-refractivity contribution in [1.82, 2.24) is 13.7 Å². The van der Waals surface area contributed by atoms with E-state index in [1.807, 2.05) is 11.3 Å². The zero-order valence-corrected chi connectivity index (χ0v) is 40.9. The van der Waals surface area contributed by atoms with Gasteiger partial charge in [0.15, 0.2) is 0 Å². The number of benzene rings is 12. The second-order valence-corrected chi connectivity index (χ2v) is 20.7. The van der Waals surface area contributed by atoms with E-state index in [0.29, 0.717) is 0 Å². The quantitative estimate of drug-likeness (QED) is 0.158. The minimum atomic E-state index is 1.14. The van der Waals surface area contributed by atoms with Gasteiger partial charge in [0, 0.05) is 75.1 Å². The summed E-state index contributed by atoms with van der Waals surface area (Å²) >= 11 is 1.86. The molecule has 12 aromatic carbocycles. The normalized spacial score (nSPS) is 12.1. The Morgan fingerprint density at radius 3 is 1.47 bits per heavy atom. The van der Waals surface area contributed by atoms with E-state index in [0.717, 1.165) is 11.4 Å². The molecular weight excluding hydrogens is 915 g/mol. The molecular formula is C70H43N3S. The number of nitrogens with zero attached hydrogens (tertiary/aromatic N) is 3. The van der Waals surface area contributed by atoms with Crippen LogP contribution in [0.4, 0.5) is 0 Å². The van der Waals surface area contributed by atoms with E-state index in [2.05, 4.69) is 275 Å². The smallest absolute Gasteiger partial charge is 0.0619 e. The number of aromatic nitrogens is 3. The molecule has 0 aliphatic rings. The van der Waals surface area contributed by atoms with Crippen LogP contribution < -0.4 is 0 Å². The molecule has 0 atom stereocenters. The highest BCUT2D eigenvalue weighted by Gasteiger charge is 2.21. The molecule has 0 fully saturated rings. The van der Waals surface area contributed by atoms with Gasteiger partial charge in [0.1, 0.15) is 0 Å². The highest BCUT2D eigenvalue weighted by molar-refractivity contribution is 7.25. The Morgan fingerprint density at radius 2 is 0.730 bits per heavy atom. The van der Waals surface area contributed by atoms with Crippen LogP contribution in [0.2, 0.25) is 0 Å². The van der Waals surface area contributed by atoms with Gasteiger partial charge in [0.2, 0.25) is 0 Å². The molecule has 0 radical (unpaired) electrons. The van der Waals surface area contributed by atoms with E-state index in [1.54, 1.807) is 0 Å². The molecule has 16 rings (SSSR count). The first-order chi connectivity index (χ1) is 36.7. The molecule has 0 unspecified atom stereocenters. The Balaban J connectivity index is 0.841. The lowest BCUT2D eigenvalue weighted by Crippen LogP contribution is -1.97. The fourth-order valence-electron chi connectivity index (χ4n) is 12.2. The standard InChI is InChI=1S/C70H43N3S/c1-2-16-51(17-3-1)73-65-24-12-8-20-56(65)62-40-50(39-59(70(62)73)46-30-33-52(34-31-46)71-64-23-11-7-19-55(64)60-38-47-14-4-5-15-48(47)41-67(60)71)45-28-26-44(27-29-45)49-32-36-57-54-18-6-10-22-63(54)72(66(57)42-49)53-35-37-69-61(43-53)58-21-9-13-25-68(58)74-69/h1-43H. The van der Waals surface area contributed by atoms with Gasteiger partial charge < -0.3 is 13.7 Å². The summed E-state index contributed by atoms with van der Waals surface area (Å²) in [7, 11) is 0. The predicted octanol–water partition coefficient (Wildman–Crippen LogP) is 19.5. The molecule has 74 heavy (non-hydrogen) atoms. The van der Waals surface area contributed by atoms with Crippen LogP contribution in [0.25, 0.3) is 147 Å². The number of hydrogen-bond donors (Lipinski definition) is 0. The molecule has 344 valence electrons. The molecule has 0 spiro atoms. The van der Waals surface area contributed by atoms with Crippen molar-refractivity contribution >= 4 is 108 Å². The highest BCUT2D eigenvalue weighted by Crippen LogP contribution is 2.44. The average Bonchev–Trinajstić information content (AvgIpc) is 4.20.